The molecule has 104 valence electrons. The van der Waals surface area contributed by atoms with E-state index in [0.29, 0.717) is 26.4 Å². The summed E-state index contributed by atoms with van der Waals surface area (Å²) in [5.74, 6) is 0. The lowest BCUT2D eigenvalue weighted by molar-refractivity contribution is -0.155. The Bertz CT molecular complexity index is 124. The molecule has 17 heavy (non-hydrogen) atoms. The highest BCUT2D eigenvalue weighted by Gasteiger charge is 2.11. The van der Waals surface area contributed by atoms with Crippen molar-refractivity contribution in [1.82, 2.24) is 0 Å². The Labute approximate surface area is 106 Å². The number of ether oxygens (including phenoxy) is 4. The van der Waals surface area contributed by atoms with Crippen molar-refractivity contribution in [2.45, 2.75) is 59.5 Å². The molecule has 4 heteroatoms. The van der Waals surface area contributed by atoms with Crippen molar-refractivity contribution in [2.24, 2.45) is 0 Å². The van der Waals surface area contributed by atoms with E-state index in [2.05, 4.69) is 0 Å². The molecule has 0 aromatic carbocycles. The summed E-state index contributed by atoms with van der Waals surface area (Å²) in [5.41, 5.74) is 0. The summed E-state index contributed by atoms with van der Waals surface area (Å²) >= 11 is 0. The maximum absolute atomic E-state index is 5.48. The van der Waals surface area contributed by atoms with E-state index < -0.39 is 0 Å². The molecule has 0 radical (unpaired) electrons. The van der Waals surface area contributed by atoms with Gasteiger partial charge in [-0.2, -0.15) is 0 Å². The highest BCUT2D eigenvalue weighted by atomic mass is 16.7. The van der Waals surface area contributed by atoms with Gasteiger partial charge in [0.1, 0.15) is 0 Å². The Balaban J connectivity index is 3.73. The summed E-state index contributed by atoms with van der Waals surface area (Å²) in [6.45, 7) is 10.7. The van der Waals surface area contributed by atoms with E-state index >= 15 is 0 Å². The maximum atomic E-state index is 5.48. The Morgan fingerprint density at radius 3 is 1.12 bits per heavy atom. The monoisotopic (exact) mass is 248 g/mol. The fourth-order valence-electron chi connectivity index (χ4n) is 1.62. The minimum Gasteiger partial charge on any atom is -0.353 e. The van der Waals surface area contributed by atoms with Crippen LogP contribution in [-0.2, 0) is 18.9 Å². The zero-order chi connectivity index (χ0) is 12.9. The Morgan fingerprint density at radius 2 is 0.882 bits per heavy atom. The summed E-state index contributed by atoms with van der Waals surface area (Å²) in [4.78, 5) is 0. The fourth-order valence-corrected chi connectivity index (χ4v) is 1.62. The lowest BCUT2D eigenvalue weighted by Crippen LogP contribution is -2.20. The minimum absolute atomic E-state index is 0.0890. The first kappa shape index (κ1) is 16.8. The van der Waals surface area contributed by atoms with Crippen LogP contribution in [0.25, 0.3) is 0 Å². The quantitative estimate of drug-likeness (QED) is 0.498. The van der Waals surface area contributed by atoms with Crippen LogP contribution in [0.4, 0.5) is 0 Å². The van der Waals surface area contributed by atoms with Crippen LogP contribution in [0.5, 0.6) is 0 Å². The second-order valence-corrected chi connectivity index (χ2v) is 3.61. The van der Waals surface area contributed by atoms with Gasteiger partial charge in [0, 0.05) is 26.4 Å². The first-order chi connectivity index (χ1) is 8.28. The van der Waals surface area contributed by atoms with Crippen molar-refractivity contribution in [1.29, 1.82) is 0 Å². The van der Waals surface area contributed by atoms with Crippen LogP contribution >= 0.6 is 0 Å². The summed E-state index contributed by atoms with van der Waals surface area (Å²) in [6, 6.07) is 0. The van der Waals surface area contributed by atoms with Crippen molar-refractivity contribution in [3.8, 4) is 0 Å². The molecular formula is C13H28O4. The van der Waals surface area contributed by atoms with Gasteiger partial charge in [0.05, 0.1) is 0 Å². The Kier molecular flexibility index (Phi) is 12.2. The van der Waals surface area contributed by atoms with Crippen LogP contribution in [0, 0.1) is 0 Å². The van der Waals surface area contributed by atoms with Crippen LogP contribution in [0.1, 0.15) is 47.0 Å². The second-order valence-electron chi connectivity index (χ2n) is 3.61. The molecule has 0 heterocycles. The fraction of sp³-hybridized carbons (Fsp3) is 1.00. The average molecular weight is 248 g/mol. The van der Waals surface area contributed by atoms with Gasteiger partial charge in [0.25, 0.3) is 0 Å². The second kappa shape index (κ2) is 12.3. The molecule has 0 bridgehead atoms. The summed E-state index contributed by atoms with van der Waals surface area (Å²) in [5, 5.41) is 0. The van der Waals surface area contributed by atoms with Gasteiger partial charge in [-0.1, -0.05) is 0 Å². The number of rotatable bonds is 12. The third-order valence-corrected chi connectivity index (χ3v) is 2.29. The molecule has 0 fully saturated rings. The molecule has 0 saturated heterocycles. The predicted molar refractivity (Wildman–Crippen MR) is 67.9 cm³/mol. The molecule has 0 aromatic rings. The highest BCUT2D eigenvalue weighted by Crippen LogP contribution is 2.11. The van der Waals surface area contributed by atoms with Crippen molar-refractivity contribution in [2.75, 3.05) is 26.4 Å². The Morgan fingerprint density at radius 1 is 0.588 bits per heavy atom. The third kappa shape index (κ3) is 9.53. The lowest BCUT2D eigenvalue weighted by Gasteiger charge is -2.19. The van der Waals surface area contributed by atoms with Crippen molar-refractivity contribution < 1.29 is 18.9 Å². The predicted octanol–water partition coefficient (Wildman–Crippen LogP) is 2.95. The van der Waals surface area contributed by atoms with Crippen LogP contribution in [0.15, 0.2) is 0 Å². The number of hydrogen-bond acceptors (Lipinski definition) is 4. The van der Waals surface area contributed by atoms with Gasteiger partial charge in [-0.3, -0.25) is 0 Å². The van der Waals surface area contributed by atoms with E-state index in [0.717, 1.165) is 19.3 Å². The van der Waals surface area contributed by atoms with Crippen molar-refractivity contribution in [3.05, 3.63) is 0 Å². The lowest BCUT2D eigenvalue weighted by atomic mass is 10.2. The summed E-state index contributed by atoms with van der Waals surface area (Å²) in [6.07, 6.45) is 2.58. The zero-order valence-electron chi connectivity index (χ0n) is 11.7. The topological polar surface area (TPSA) is 36.9 Å². The molecular weight excluding hydrogens is 220 g/mol. The average Bonchev–Trinajstić information content (AvgIpc) is 2.30. The maximum Gasteiger partial charge on any atom is 0.157 e. The SMILES string of the molecule is CCOC(CCCC(OCC)OCC)OCC. The van der Waals surface area contributed by atoms with Gasteiger partial charge in [0.2, 0.25) is 0 Å². The van der Waals surface area contributed by atoms with Crippen molar-refractivity contribution in [3.63, 3.8) is 0 Å². The normalized spacial score (nSPS) is 11.6. The van der Waals surface area contributed by atoms with E-state index in [4.69, 9.17) is 18.9 Å². The van der Waals surface area contributed by atoms with E-state index in [9.17, 15) is 0 Å². The molecule has 0 saturated carbocycles. The van der Waals surface area contributed by atoms with Gasteiger partial charge in [0.15, 0.2) is 12.6 Å². The number of hydrogen-bond donors (Lipinski definition) is 0. The van der Waals surface area contributed by atoms with Crippen molar-refractivity contribution >= 4 is 0 Å². The van der Waals surface area contributed by atoms with Crippen LogP contribution in [-0.4, -0.2) is 39.0 Å². The largest absolute Gasteiger partial charge is 0.353 e. The molecule has 0 unspecified atom stereocenters. The van der Waals surface area contributed by atoms with Gasteiger partial charge in [-0.15, -0.1) is 0 Å². The standard InChI is InChI=1S/C13H28O4/c1-5-14-12(15-6-2)10-9-11-13(16-7-3)17-8-4/h12-13H,5-11H2,1-4H3. The smallest absolute Gasteiger partial charge is 0.157 e. The van der Waals surface area contributed by atoms with Gasteiger partial charge < -0.3 is 18.9 Å². The molecule has 0 N–H and O–H groups in total. The van der Waals surface area contributed by atoms with Crippen LogP contribution in [0.2, 0.25) is 0 Å². The zero-order valence-corrected chi connectivity index (χ0v) is 11.7. The third-order valence-electron chi connectivity index (χ3n) is 2.29. The Hall–Kier alpha value is -0.160. The molecule has 0 aliphatic carbocycles. The molecule has 4 nitrogen and oxygen atoms in total. The molecule has 0 amide bonds. The summed E-state index contributed by atoms with van der Waals surface area (Å²) in [7, 11) is 0. The van der Waals surface area contributed by atoms with E-state index in [1.807, 2.05) is 27.7 Å². The van der Waals surface area contributed by atoms with Crippen LogP contribution < -0.4 is 0 Å². The van der Waals surface area contributed by atoms with E-state index in [1.54, 1.807) is 0 Å². The first-order valence-electron chi connectivity index (χ1n) is 6.74. The highest BCUT2D eigenvalue weighted by molar-refractivity contribution is 4.51. The van der Waals surface area contributed by atoms with E-state index in [1.165, 1.54) is 0 Å². The molecule has 0 aromatic heterocycles. The molecule has 0 aliphatic heterocycles. The first-order valence-corrected chi connectivity index (χ1v) is 6.74. The molecule has 0 rings (SSSR count). The van der Waals surface area contributed by atoms with Crippen LogP contribution in [0.3, 0.4) is 0 Å². The van der Waals surface area contributed by atoms with Gasteiger partial charge in [-0.25, -0.2) is 0 Å². The molecule has 0 spiro atoms. The minimum atomic E-state index is -0.0890. The van der Waals surface area contributed by atoms with Gasteiger partial charge >= 0.3 is 0 Å². The molecule has 0 aliphatic rings. The van der Waals surface area contributed by atoms with Gasteiger partial charge in [-0.05, 0) is 47.0 Å². The molecule has 0 atom stereocenters. The summed E-state index contributed by atoms with van der Waals surface area (Å²) < 4.78 is 21.9. The van der Waals surface area contributed by atoms with E-state index in [-0.39, 0.29) is 12.6 Å².